The Morgan fingerprint density at radius 1 is 1.37 bits per heavy atom. The number of halogens is 2. The molecule has 0 radical (unpaired) electrons. The van der Waals surface area contributed by atoms with Gasteiger partial charge in [-0.2, -0.15) is 4.39 Å². The van der Waals surface area contributed by atoms with Crippen LogP contribution in [0.5, 0.6) is 5.75 Å². The Bertz CT molecular complexity index is 833. The van der Waals surface area contributed by atoms with Crippen LogP contribution in [0, 0.1) is 15.9 Å². The highest BCUT2D eigenvalue weighted by Crippen LogP contribution is 2.30. The third-order valence-electron chi connectivity index (χ3n) is 2.36. The number of nitro benzene ring substituents is 1. The molecule has 9 heteroatoms. The first-order valence-electron chi connectivity index (χ1n) is 4.75. The van der Waals surface area contributed by atoms with Crippen LogP contribution in [0.2, 0.25) is 5.02 Å². The van der Waals surface area contributed by atoms with Crippen molar-refractivity contribution in [1.29, 1.82) is 0 Å². The number of nitrogens with zero attached hydrogens (tertiary/aromatic N) is 1. The van der Waals surface area contributed by atoms with Gasteiger partial charge in [0.05, 0.1) is 15.5 Å². The monoisotopic (exact) mass is 286 g/mol. The fourth-order valence-electron chi connectivity index (χ4n) is 1.60. The van der Waals surface area contributed by atoms with E-state index in [-0.39, 0.29) is 5.52 Å². The zero-order valence-electron chi connectivity index (χ0n) is 8.94. The van der Waals surface area contributed by atoms with E-state index in [1.165, 1.54) is 0 Å². The van der Waals surface area contributed by atoms with Crippen LogP contribution in [0.25, 0.3) is 10.9 Å². The summed E-state index contributed by atoms with van der Waals surface area (Å²) in [4.78, 5) is 34.8. The molecule has 0 amide bonds. The Labute approximate surface area is 108 Å². The number of aromatic hydroxyl groups is 1. The third-order valence-corrected chi connectivity index (χ3v) is 2.64. The normalized spacial score (nSPS) is 10.6. The quantitative estimate of drug-likeness (QED) is 0.606. The Morgan fingerprint density at radius 3 is 2.58 bits per heavy atom. The number of fused-ring (bicyclic) bond motifs is 1. The van der Waals surface area contributed by atoms with Gasteiger partial charge in [0.15, 0.2) is 5.75 Å². The SMILES string of the molecule is O=c1cc(O)c(=O)c2c([N+](=O)[O-])c(F)c(Cl)cc2[nH]1. The van der Waals surface area contributed by atoms with Gasteiger partial charge in [0.25, 0.3) is 5.56 Å². The van der Waals surface area contributed by atoms with Gasteiger partial charge >= 0.3 is 5.69 Å². The third kappa shape index (κ3) is 2.02. The Kier molecular flexibility index (Phi) is 2.95. The summed E-state index contributed by atoms with van der Waals surface area (Å²) < 4.78 is 13.6. The molecular formula is C10H4ClFN2O5. The van der Waals surface area contributed by atoms with Gasteiger partial charge in [0.2, 0.25) is 11.2 Å². The van der Waals surface area contributed by atoms with Gasteiger partial charge in [-0.05, 0) is 6.07 Å². The van der Waals surface area contributed by atoms with E-state index in [1.54, 1.807) is 0 Å². The average molecular weight is 287 g/mol. The first-order valence-corrected chi connectivity index (χ1v) is 5.13. The van der Waals surface area contributed by atoms with Gasteiger partial charge in [-0.1, -0.05) is 11.6 Å². The summed E-state index contributed by atoms with van der Waals surface area (Å²) >= 11 is 5.46. The van der Waals surface area contributed by atoms with Gasteiger partial charge < -0.3 is 10.1 Å². The molecule has 19 heavy (non-hydrogen) atoms. The predicted molar refractivity (Wildman–Crippen MR) is 64.1 cm³/mol. The lowest BCUT2D eigenvalue weighted by molar-refractivity contribution is -0.385. The summed E-state index contributed by atoms with van der Waals surface area (Å²) in [5.74, 6) is -2.44. The molecule has 0 unspecified atom stereocenters. The van der Waals surface area contributed by atoms with Crippen LogP contribution in [-0.2, 0) is 0 Å². The van der Waals surface area contributed by atoms with E-state index in [4.69, 9.17) is 11.6 Å². The number of nitrogens with one attached hydrogen (secondary N) is 1. The van der Waals surface area contributed by atoms with E-state index in [2.05, 4.69) is 4.98 Å². The molecule has 0 aliphatic carbocycles. The molecule has 0 bridgehead atoms. The second kappa shape index (κ2) is 4.32. The maximum absolute atomic E-state index is 13.6. The van der Waals surface area contributed by atoms with Crippen LogP contribution in [-0.4, -0.2) is 15.0 Å². The second-order valence-corrected chi connectivity index (χ2v) is 3.96. The lowest BCUT2D eigenvalue weighted by atomic mass is 10.2. The zero-order chi connectivity index (χ0) is 14.3. The van der Waals surface area contributed by atoms with Crippen LogP contribution in [0.3, 0.4) is 0 Å². The molecule has 0 fully saturated rings. The fraction of sp³-hybridized carbons (Fsp3) is 0. The van der Waals surface area contributed by atoms with Crippen LogP contribution in [0.15, 0.2) is 21.7 Å². The van der Waals surface area contributed by atoms with E-state index >= 15 is 0 Å². The molecule has 2 rings (SSSR count). The zero-order valence-corrected chi connectivity index (χ0v) is 9.69. The fourth-order valence-corrected chi connectivity index (χ4v) is 1.80. The molecule has 0 saturated carbocycles. The summed E-state index contributed by atoms with van der Waals surface area (Å²) in [5, 5.41) is 18.8. The van der Waals surface area contributed by atoms with Crippen molar-refractivity contribution in [1.82, 2.24) is 4.98 Å². The Balaban J connectivity index is 3.27. The number of rotatable bonds is 1. The Morgan fingerprint density at radius 2 is 2.00 bits per heavy atom. The summed E-state index contributed by atoms with van der Waals surface area (Å²) in [7, 11) is 0. The van der Waals surface area contributed by atoms with Crippen molar-refractivity contribution < 1.29 is 14.4 Å². The first-order chi connectivity index (χ1) is 8.82. The number of aromatic amines is 1. The highest BCUT2D eigenvalue weighted by Gasteiger charge is 2.25. The smallest absolute Gasteiger partial charge is 0.319 e. The molecule has 0 atom stereocenters. The minimum atomic E-state index is -1.41. The van der Waals surface area contributed by atoms with Crippen molar-refractivity contribution in [3.8, 4) is 5.75 Å². The van der Waals surface area contributed by atoms with Crippen molar-refractivity contribution in [3.05, 3.63) is 53.7 Å². The molecular weight excluding hydrogens is 283 g/mol. The number of nitro groups is 1. The topological polar surface area (TPSA) is 113 Å². The highest BCUT2D eigenvalue weighted by molar-refractivity contribution is 6.31. The molecule has 2 N–H and O–H groups in total. The molecule has 7 nitrogen and oxygen atoms in total. The van der Waals surface area contributed by atoms with Crippen molar-refractivity contribution in [2.75, 3.05) is 0 Å². The molecule has 1 heterocycles. The molecule has 1 aromatic heterocycles. The summed E-state index contributed by atoms with van der Waals surface area (Å²) in [6.45, 7) is 0. The van der Waals surface area contributed by atoms with E-state index < -0.39 is 43.6 Å². The van der Waals surface area contributed by atoms with Gasteiger partial charge in [-0.3, -0.25) is 19.7 Å². The second-order valence-electron chi connectivity index (χ2n) is 3.55. The van der Waals surface area contributed by atoms with E-state index in [0.29, 0.717) is 6.07 Å². The molecule has 98 valence electrons. The van der Waals surface area contributed by atoms with Crippen molar-refractivity contribution in [3.63, 3.8) is 0 Å². The molecule has 1 aromatic carbocycles. The lowest BCUT2D eigenvalue weighted by Crippen LogP contribution is -2.04. The molecule has 0 aliphatic rings. The average Bonchev–Trinajstić information content (AvgIpc) is 2.39. The lowest BCUT2D eigenvalue weighted by Gasteiger charge is -1.99. The van der Waals surface area contributed by atoms with Gasteiger partial charge in [0.1, 0.15) is 5.39 Å². The van der Waals surface area contributed by atoms with Crippen LogP contribution >= 0.6 is 11.6 Å². The van der Waals surface area contributed by atoms with Gasteiger partial charge in [0, 0.05) is 6.07 Å². The molecule has 2 aromatic rings. The standard InChI is InChI=1S/C10H4ClFN2O5/c11-3-1-4-7(9(8(3)12)14(18)19)10(17)5(15)2-6(16)13-4/h1-2H,(H,13,16)(H,15,17). The van der Waals surface area contributed by atoms with E-state index in [9.17, 15) is 29.2 Å². The maximum atomic E-state index is 13.6. The Hall–Kier alpha value is -2.48. The summed E-state index contributed by atoms with van der Waals surface area (Å²) in [6, 6.07) is 1.40. The summed E-state index contributed by atoms with van der Waals surface area (Å²) in [5.41, 5.74) is -3.67. The minimum absolute atomic E-state index is 0.339. The van der Waals surface area contributed by atoms with Crippen molar-refractivity contribution >= 4 is 28.2 Å². The van der Waals surface area contributed by atoms with Crippen LogP contribution in [0.4, 0.5) is 10.1 Å². The number of hydrogen-bond donors (Lipinski definition) is 2. The number of hydrogen-bond acceptors (Lipinski definition) is 5. The number of benzene rings is 1. The number of aromatic nitrogens is 1. The van der Waals surface area contributed by atoms with Crippen molar-refractivity contribution in [2.24, 2.45) is 0 Å². The van der Waals surface area contributed by atoms with Crippen LogP contribution < -0.4 is 11.0 Å². The predicted octanol–water partition coefficient (Wildman–Crippen LogP) is 1.29. The van der Waals surface area contributed by atoms with E-state index in [0.717, 1.165) is 6.07 Å². The first kappa shape index (κ1) is 13.0. The van der Waals surface area contributed by atoms with Gasteiger partial charge in [-0.25, -0.2) is 0 Å². The maximum Gasteiger partial charge on any atom is 0.319 e. The largest absolute Gasteiger partial charge is 0.504 e. The highest BCUT2D eigenvalue weighted by atomic mass is 35.5. The number of H-pyrrole nitrogens is 1. The summed E-state index contributed by atoms with van der Waals surface area (Å²) in [6.07, 6.45) is 0. The van der Waals surface area contributed by atoms with E-state index in [1.807, 2.05) is 0 Å². The van der Waals surface area contributed by atoms with Gasteiger partial charge in [-0.15, -0.1) is 0 Å². The molecule has 0 saturated heterocycles. The molecule has 0 aliphatic heterocycles. The van der Waals surface area contributed by atoms with Crippen molar-refractivity contribution in [2.45, 2.75) is 0 Å². The molecule has 0 spiro atoms. The van der Waals surface area contributed by atoms with Crippen LogP contribution in [0.1, 0.15) is 0 Å². The minimum Gasteiger partial charge on any atom is -0.504 e.